The van der Waals surface area contributed by atoms with Crippen molar-refractivity contribution in [3.8, 4) is 0 Å². The van der Waals surface area contributed by atoms with Crippen LogP contribution in [0.5, 0.6) is 0 Å². The first-order valence-electron chi connectivity index (χ1n) is 4.39. The minimum absolute atomic E-state index is 0.120. The molecule has 1 saturated carbocycles. The molecule has 1 fully saturated rings. The lowest BCUT2D eigenvalue weighted by Crippen LogP contribution is -2.19. The fraction of sp³-hybridized carbons (Fsp3) is 0.778. The number of hydrogen-bond donors (Lipinski definition) is 1. The van der Waals surface area contributed by atoms with Gasteiger partial charge in [-0.2, -0.15) is 0 Å². The molecule has 0 aromatic carbocycles. The van der Waals surface area contributed by atoms with Gasteiger partial charge in [-0.3, -0.25) is 0 Å². The molecular weight excluding hydrogens is 154 g/mol. The Kier molecular flexibility index (Phi) is 2.98. The second kappa shape index (κ2) is 3.81. The van der Waals surface area contributed by atoms with Crippen molar-refractivity contribution in [3.05, 3.63) is 17.2 Å². The average Bonchev–Trinajstić information content (AvgIpc) is 2.53. The molecule has 0 saturated heterocycles. The molecule has 1 aliphatic carbocycles. The van der Waals surface area contributed by atoms with Crippen LogP contribution in [0.3, 0.4) is 0 Å². The first-order chi connectivity index (χ1) is 5.75. The predicted molar refractivity (Wildman–Crippen MR) is 47.5 cm³/mol. The lowest BCUT2D eigenvalue weighted by Gasteiger charge is -2.25. The van der Waals surface area contributed by atoms with Crippen molar-refractivity contribution in [1.82, 2.24) is 0 Å². The highest BCUT2D eigenvalue weighted by Crippen LogP contribution is 2.46. The number of hydrogen-bond acceptors (Lipinski definition) is 3. The van der Waals surface area contributed by atoms with Gasteiger partial charge in [0, 0.05) is 12.0 Å². The zero-order chi connectivity index (χ0) is 9.03. The molecule has 0 aliphatic heterocycles. The van der Waals surface area contributed by atoms with Gasteiger partial charge in [0.25, 0.3) is 0 Å². The maximum absolute atomic E-state index is 10.3. The van der Waals surface area contributed by atoms with E-state index < -0.39 is 0 Å². The van der Waals surface area contributed by atoms with Crippen LogP contribution in [-0.4, -0.2) is 11.7 Å². The van der Waals surface area contributed by atoms with E-state index in [1.807, 2.05) is 0 Å². The van der Waals surface area contributed by atoms with Gasteiger partial charge >= 0.3 is 0 Å². The smallest absolute Gasteiger partial charge is 0.0839 e. The van der Waals surface area contributed by atoms with Crippen LogP contribution in [0.25, 0.3) is 0 Å². The van der Waals surface area contributed by atoms with Gasteiger partial charge < -0.3 is 5.11 Å². The summed E-state index contributed by atoms with van der Waals surface area (Å²) in [6.07, 6.45) is 4.79. The van der Waals surface area contributed by atoms with E-state index in [1.165, 1.54) is 0 Å². The molecule has 0 unspecified atom stereocenters. The predicted octanol–water partition coefficient (Wildman–Crippen LogP) is 2.21. The molecule has 1 rings (SSSR count). The highest BCUT2D eigenvalue weighted by molar-refractivity contribution is 5.10. The summed E-state index contributed by atoms with van der Waals surface area (Å²) in [6, 6.07) is 0. The number of nitroso groups, excluding NO2 is 1. The largest absolute Gasteiger partial charge is 0.396 e. The number of allylic oxidation sites excluding steroid dienone is 1. The Morgan fingerprint density at radius 2 is 2.08 bits per heavy atom. The summed E-state index contributed by atoms with van der Waals surface area (Å²) in [4.78, 5) is 10.3. The molecule has 68 valence electrons. The fourth-order valence-corrected chi connectivity index (χ4v) is 2.05. The van der Waals surface area contributed by atoms with Gasteiger partial charge in [0.15, 0.2) is 0 Å². The summed E-state index contributed by atoms with van der Waals surface area (Å²) in [5.74, 6) is 0. The van der Waals surface area contributed by atoms with Gasteiger partial charge in [0.2, 0.25) is 0 Å². The van der Waals surface area contributed by atoms with Crippen LogP contribution in [0.1, 0.15) is 32.1 Å². The monoisotopic (exact) mass is 169 g/mol. The second-order valence-electron chi connectivity index (χ2n) is 3.50. The van der Waals surface area contributed by atoms with Crippen molar-refractivity contribution < 1.29 is 5.11 Å². The molecule has 0 atom stereocenters. The van der Waals surface area contributed by atoms with Gasteiger partial charge in [-0.1, -0.05) is 19.4 Å². The minimum Gasteiger partial charge on any atom is -0.396 e. The molecule has 3 heteroatoms. The van der Waals surface area contributed by atoms with Crippen LogP contribution in [0, 0.1) is 10.3 Å². The maximum Gasteiger partial charge on any atom is 0.0839 e. The molecular formula is C9H15NO2. The standard InChI is InChI=1S/C9H15NO2/c1-8(10-12)9(6-7-11)4-2-3-5-9/h11H,1-7H2. The summed E-state index contributed by atoms with van der Waals surface area (Å²) in [6.45, 7) is 3.78. The topological polar surface area (TPSA) is 49.7 Å². The lowest BCUT2D eigenvalue weighted by atomic mass is 9.80. The SMILES string of the molecule is C=C(N=O)C1(CCO)CCCC1. The molecule has 0 bridgehead atoms. The van der Waals surface area contributed by atoms with Crippen LogP contribution in [0.4, 0.5) is 0 Å². The van der Waals surface area contributed by atoms with E-state index in [1.54, 1.807) is 0 Å². The van der Waals surface area contributed by atoms with Crippen molar-refractivity contribution >= 4 is 0 Å². The summed E-state index contributed by atoms with van der Waals surface area (Å²) >= 11 is 0. The highest BCUT2D eigenvalue weighted by Gasteiger charge is 2.36. The second-order valence-corrected chi connectivity index (χ2v) is 3.50. The first-order valence-corrected chi connectivity index (χ1v) is 4.39. The third-order valence-corrected chi connectivity index (χ3v) is 2.87. The van der Waals surface area contributed by atoms with Crippen molar-refractivity contribution in [3.63, 3.8) is 0 Å². The van der Waals surface area contributed by atoms with Crippen LogP contribution < -0.4 is 0 Å². The van der Waals surface area contributed by atoms with Crippen molar-refractivity contribution in [2.45, 2.75) is 32.1 Å². The minimum atomic E-state index is -0.170. The Morgan fingerprint density at radius 3 is 2.50 bits per heavy atom. The van der Waals surface area contributed by atoms with Crippen molar-refractivity contribution in [2.75, 3.05) is 6.61 Å². The zero-order valence-corrected chi connectivity index (χ0v) is 7.25. The number of rotatable bonds is 4. The van der Waals surface area contributed by atoms with Gasteiger partial charge in [-0.05, 0) is 24.4 Å². The van der Waals surface area contributed by atoms with Crippen LogP contribution in [0.2, 0.25) is 0 Å². The van der Waals surface area contributed by atoms with E-state index in [0.717, 1.165) is 25.7 Å². The normalized spacial score (nSPS) is 20.8. The third-order valence-electron chi connectivity index (χ3n) is 2.87. The summed E-state index contributed by atoms with van der Waals surface area (Å²) in [5, 5.41) is 11.8. The lowest BCUT2D eigenvalue weighted by molar-refractivity contribution is 0.212. The summed E-state index contributed by atoms with van der Waals surface area (Å²) in [5.41, 5.74) is 0.255. The Morgan fingerprint density at radius 1 is 1.50 bits per heavy atom. The summed E-state index contributed by atoms with van der Waals surface area (Å²) < 4.78 is 0. The molecule has 0 radical (unpaired) electrons. The molecule has 0 aromatic rings. The molecule has 12 heavy (non-hydrogen) atoms. The number of aliphatic hydroxyl groups excluding tert-OH is 1. The molecule has 0 aromatic heterocycles. The molecule has 3 nitrogen and oxygen atoms in total. The Balaban J connectivity index is 2.70. The van der Waals surface area contributed by atoms with Gasteiger partial charge in [-0.25, -0.2) is 0 Å². The molecule has 0 heterocycles. The van der Waals surface area contributed by atoms with Crippen molar-refractivity contribution in [2.24, 2.45) is 10.6 Å². The Hall–Kier alpha value is -0.700. The van der Waals surface area contributed by atoms with Crippen LogP contribution in [0.15, 0.2) is 17.5 Å². The van der Waals surface area contributed by atoms with Gasteiger partial charge in [0.1, 0.15) is 0 Å². The van der Waals surface area contributed by atoms with Gasteiger partial charge in [-0.15, -0.1) is 4.91 Å². The van der Waals surface area contributed by atoms with E-state index in [9.17, 15) is 4.91 Å². The fourth-order valence-electron chi connectivity index (χ4n) is 2.05. The van der Waals surface area contributed by atoms with E-state index >= 15 is 0 Å². The van der Waals surface area contributed by atoms with Gasteiger partial charge in [0.05, 0.1) is 5.70 Å². The van der Waals surface area contributed by atoms with Crippen LogP contribution >= 0.6 is 0 Å². The van der Waals surface area contributed by atoms with E-state index in [0.29, 0.717) is 12.1 Å². The number of nitrogens with zero attached hydrogens (tertiary/aromatic N) is 1. The van der Waals surface area contributed by atoms with E-state index in [4.69, 9.17) is 5.11 Å². The Labute approximate surface area is 72.5 Å². The zero-order valence-electron chi connectivity index (χ0n) is 7.25. The molecule has 1 N–H and O–H groups in total. The maximum atomic E-state index is 10.3. The van der Waals surface area contributed by atoms with E-state index in [-0.39, 0.29) is 12.0 Å². The van der Waals surface area contributed by atoms with E-state index in [2.05, 4.69) is 11.8 Å². The van der Waals surface area contributed by atoms with Crippen molar-refractivity contribution in [1.29, 1.82) is 0 Å². The molecule has 0 amide bonds. The number of aliphatic hydroxyl groups is 1. The summed E-state index contributed by atoms with van der Waals surface area (Å²) in [7, 11) is 0. The molecule has 1 aliphatic rings. The Bertz CT molecular complexity index is 183. The average molecular weight is 169 g/mol. The van der Waals surface area contributed by atoms with Crippen LogP contribution in [-0.2, 0) is 0 Å². The third kappa shape index (κ3) is 1.55. The first kappa shape index (κ1) is 9.39. The highest BCUT2D eigenvalue weighted by atomic mass is 16.3. The quantitative estimate of drug-likeness (QED) is 0.656. The molecule has 0 spiro atoms.